The Kier molecular flexibility index (Phi) is 14.0. The van der Waals surface area contributed by atoms with Gasteiger partial charge in [0.05, 0.1) is 25.9 Å². The van der Waals surface area contributed by atoms with Crippen LogP contribution in [0.4, 0.5) is 0 Å². The highest BCUT2D eigenvalue weighted by Crippen LogP contribution is 2.15. The molecule has 1 saturated heterocycles. The van der Waals surface area contributed by atoms with E-state index in [1.807, 2.05) is 0 Å². The van der Waals surface area contributed by atoms with E-state index >= 15 is 0 Å². The van der Waals surface area contributed by atoms with Crippen molar-refractivity contribution in [1.82, 2.24) is 0 Å². The molecule has 23 heavy (non-hydrogen) atoms. The monoisotopic (exact) mass is 330 g/mol. The van der Waals surface area contributed by atoms with Crippen molar-refractivity contribution in [3.63, 3.8) is 0 Å². The Balaban J connectivity index is 1.76. The minimum atomic E-state index is -0.200. The average Bonchev–Trinajstić information content (AvgIpc) is 2.59. The second-order valence-corrected chi connectivity index (χ2v) is 6.61. The molecule has 1 N–H and O–H groups in total. The van der Waals surface area contributed by atoms with Crippen LogP contribution in [0.3, 0.4) is 0 Å². The molecular formula is C19H38O4. The first-order valence-electron chi connectivity index (χ1n) is 9.82. The molecule has 0 unspecified atom stereocenters. The van der Waals surface area contributed by atoms with E-state index in [9.17, 15) is 0 Å². The van der Waals surface area contributed by atoms with Gasteiger partial charge >= 0.3 is 0 Å². The lowest BCUT2D eigenvalue weighted by atomic mass is 10.1. The lowest BCUT2D eigenvalue weighted by Crippen LogP contribution is -2.35. The van der Waals surface area contributed by atoms with Crippen molar-refractivity contribution >= 4 is 0 Å². The highest BCUT2D eigenvalue weighted by Gasteiger charge is 2.21. The fourth-order valence-corrected chi connectivity index (χ4v) is 2.91. The fourth-order valence-electron chi connectivity index (χ4n) is 2.91. The molecule has 0 saturated carbocycles. The molecule has 0 aliphatic carbocycles. The number of ether oxygens (including phenoxy) is 3. The van der Waals surface area contributed by atoms with Gasteiger partial charge in [0.2, 0.25) is 0 Å². The number of rotatable bonds is 15. The molecule has 0 bridgehead atoms. The van der Waals surface area contributed by atoms with E-state index in [2.05, 4.69) is 6.92 Å². The summed E-state index contributed by atoms with van der Waals surface area (Å²) in [5.74, 6) is 0. The summed E-state index contributed by atoms with van der Waals surface area (Å²) >= 11 is 0. The van der Waals surface area contributed by atoms with Gasteiger partial charge in [-0.2, -0.15) is 0 Å². The van der Waals surface area contributed by atoms with E-state index < -0.39 is 0 Å². The molecule has 4 heteroatoms. The zero-order chi connectivity index (χ0) is 16.6. The highest BCUT2D eigenvalue weighted by molar-refractivity contribution is 4.62. The fraction of sp³-hybridized carbons (Fsp3) is 1.00. The Morgan fingerprint density at radius 1 is 0.913 bits per heavy atom. The summed E-state index contributed by atoms with van der Waals surface area (Å²) in [5, 5.41) is 9.08. The van der Waals surface area contributed by atoms with Crippen molar-refractivity contribution in [2.45, 2.75) is 96.4 Å². The lowest BCUT2D eigenvalue weighted by Gasteiger charge is -2.29. The number of aliphatic hydroxyl groups excluding tert-OH is 1. The number of unbranched alkanes of at least 4 members (excludes halogenated alkanes) is 9. The van der Waals surface area contributed by atoms with Crippen molar-refractivity contribution in [2.24, 2.45) is 0 Å². The molecule has 0 spiro atoms. The summed E-state index contributed by atoms with van der Waals surface area (Å²) in [4.78, 5) is 0. The van der Waals surface area contributed by atoms with Gasteiger partial charge in [0.1, 0.15) is 0 Å². The van der Waals surface area contributed by atoms with Gasteiger partial charge in [-0.1, -0.05) is 64.7 Å². The zero-order valence-corrected chi connectivity index (χ0v) is 15.1. The Labute approximate surface area is 142 Å². The molecule has 1 aliphatic heterocycles. The average molecular weight is 331 g/mol. The van der Waals surface area contributed by atoms with E-state index in [1.165, 1.54) is 57.8 Å². The maximum absolute atomic E-state index is 9.08. The van der Waals surface area contributed by atoms with Gasteiger partial charge in [0.15, 0.2) is 6.29 Å². The summed E-state index contributed by atoms with van der Waals surface area (Å²) in [6.45, 7) is 4.55. The molecule has 2 atom stereocenters. The van der Waals surface area contributed by atoms with Gasteiger partial charge < -0.3 is 19.3 Å². The summed E-state index contributed by atoms with van der Waals surface area (Å²) < 4.78 is 16.7. The molecule has 0 aromatic rings. The van der Waals surface area contributed by atoms with Crippen LogP contribution in [0.15, 0.2) is 0 Å². The molecule has 0 aromatic carbocycles. The van der Waals surface area contributed by atoms with Crippen LogP contribution < -0.4 is 0 Å². The Hall–Kier alpha value is -0.160. The summed E-state index contributed by atoms with van der Waals surface area (Å²) in [6, 6.07) is 0. The Morgan fingerprint density at radius 2 is 1.57 bits per heavy atom. The van der Waals surface area contributed by atoms with E-state index in [4.69, 9.17) is 19.3 Å². The standard InChI is InChI=1S/C19H38O4/c1-2-3-4-5-6-7-8-9-10-11-14-21-15-13-19-22-16-12-18(17-20)23-19/h18-20H,2-17H2,1H3/t18-,19-/m0/s1. The number of aliphatic hydroxyl groups is 1. The van der Waals surface area contributed by atoms with Crippen molar-refractivity contribution in [1.29, 1.82) is 0 Å². The van der Waals surface area contributed by atoms with E-state index in [1.54, 1.807) is 0 Å². The van der Waals surface area contributed by atoms with Crippen LogP contribution in [0.5, 0.6) is 0 Å². The largest absolute Gasteiger partial charge is 0.394 e. The topological polar surface area (TPSA) is 47.9 Å². The normalized spacial score (nSPS) is 21.7. The smallest absolute Gasteiger partial charge is 0.160 e. The molecule has 138 valence electrons. The van der Waals surface area contributed by atoms with Gasteiger partial charge in [0, 0.05) is 13.0 Å². The number of hydrogen-bond acceptors (Lipinski definition) is 4. The van der Waals surface area contributed by atoms with E-state index in [-0.39, 0.29) is 19.0 Å². The van der Waals surface area contributed by atoms with Crippen molar-refractivity contribution in [3.05, 3.63) is 0 Å². The third-order valence-corrected chi connectivity index (χ3v) is 4.43. The quantitative estimate of drug-likeness (QED) is 0.451. The van der Waals surface area contributed by atoms with Crippen LogP contribution in [0.1, 0.15) is 84.0 Å². The molecule has 4 nitrogen and oxygen atoms in total. The third-order valence-electron chi connectivity index (χ3n) is 4.43. The molecule has 0 aromatic heterocycles. The summed E-state index contributed by atoms with van der Waals surface area (Å²) in [5.41, 5.74) is 0. The first kappa shape index (κ1) is 20.9. The predicted octanol–water partition coefficient (Wildman–Crippen LogP) is 4.44. The molecule has 1 aliphatic rings. The third kappa shape index (κ3) is 11.9. The Bertz CT molecular complexity index is 248. The summed E-state index contributed by atoms with van der Waals surface area (Å²) in [7, 11) is 0. The predicted molar refractivity (Wildman–Crippen MR) is 93.6 cm³/mol. The Morgan fingerprint density at radius 3 is 2.22 bits per heavy atom. The maximum atomic E-state index is 9.08. The molecule has 0 radical (unpaired) electrons. The minimum Gasteiger partial charge on any atom is -0.394 e. The SMILES string of the molecule is CCCCCCCCCCCCOCC[C@H]1OCC[C@@H](CO)O1. The first-order valence-corrected chi connectivity index (χ1v) is 9.82. The highest BCUT2D eigenvalue weighted by atomic mass is 16.7. The van der Waals surface area contributed by atoms with Gasteiger partial charge in [-0.15, -0.1) is 0 Å². The number of hydrogen-bond donors (Lipinski definition) is 1. The minimum absolute atomic E-state index is 0.0595. The second-order valence-electron chi connectivity index (χ2n) is 6.61. The van der Waals surface area contributed by atoms with Crippen LogP contribution >= 0.6 is 0 Å². The van der Waals surface area contributed by atoms with Gasteiger partial charge in [-0.3, -0.25) is 0 Å². The van der Waals surface area contributed by atoms with E-state index in [0.717, 1.165) is 25.9 Å². The summed E-state index contributed by atoms with van der Waals surface area (Å²) in [6.07, 6.45) is 14.8. The van der Waals surface area contributed by atoms with Crippen molar-refractivity contribution < 1.29 is 19.3 Å². The zero-order valence-electron chi connectivity index (χ0n) is 15.1. The van der Waals surface area contributed by atoms with Crippen molar-refractivity contribution in [3.8, 4) is 0 Å². The van der Waals surface area contributed by atoms with Gasteiger partial charge in [0.25, 0.3) is 0 Å². The lowest BCUT2D eigenvalue weighted by molar-refractivity contribution is -0.225. The van der Waals surface area contributed by atoms with E-state index in [0.29, 0.717) is 13.2 Å². The van der Waals surface area contributed by atoms with Gasteiger partial charge in [-0.05, 0) is 12.8 Å². The maximum Gasteiger partial charge on any atom is 0.160 e. The van der Waals surface area contributed by atoms with Crippen LogP contribution in [0, 0.1) is 0 Å². The van der Waals surface area contributed by atoms with Crippen LogP contribution in [0.25, 0.3) is 0 Å². The molecule has 0 amide bonds. The van der Waals surface area contributed by atoms with Crippen LogP contribution in [-0.4, -0.2) is 43.9 Å². The van der Waals surface area contributed by atoms with Crippen LogP contribution in [-0.2, 0) is 14.2 Å². The second kappa shape index (κ2) is 15.4. The molecule has 1 heterocycles. The molecule has 1 fully saturated rings. The van der Waals surface area contributed by atoms with Crippen molar-refractivity contribution in [2.75, 3.05) is 26.4 Å². The first-order chi connectivity index (χ1) is 11.4. The molecule has 1 rings (SSSR count). The van der Waals surface area contributed by atoms with Gasteiger partial charge in [-0.25, -0.2) is 0 Å². The van der Waals surface area contributed by atoms with Crippen LogP contribution in [0.2, 0.25) is 0 Å². The molecular weight excluding hydrogens is 292 g/mol.